The van der Waals surface area contributed by atoms with Crippen LogP contribution in [0.2, 0.25) is 0 Å². The van der Waals surface area contributed by atoms with Crippen LogP contribution in [0.25, 0.3) is 0 Å². The predicted molar refractivity (Wildman–Crippen MR) is 64.0 cm³/mol. The van der Waals surface area contributed by atoms with E-state index in [1.807, 2.05) is 0 Å². The van der Waals surface area contributed by atoms with Crippen LogP contribution in [0.4, 0.5) is 0 Å². The van der Waals surface area contributed by atoms with Gasteiger partial charge in [0.1, 0.15) is 0 Å². The Hall–Kier alpha value is -0.610. The van der Waals surface area contributed by atoms with Crippen molar-refractivity contribution < 1.29 is 4.79 Å². The van der Waals surface area contributed by atoms with Crippen LogP contribution in [0.5, 0.6) is 0 Å². The Morgan fingerprint density at radius 1 is 1.38 bits per heavy atom. The van der Waals surface area contributed by atoms with Gasteiger partial charge in [-0.15, -0.1) is 0 Å². The third kappa shape index (κ3) is 2.95. The Balaban J connectivity index is 1.85. The van der Waals surface area contributed by atoms with Gasteiger partial charge in [-0.1, -0.05) is 0 Å². The van der Waals surface area contributed by atoms with Crippen LogP contribution >= 0.6 is 0 Å². The number of carbonyl (C=O) groups excluding carboxylic acids is 1. The van der Waals surface area contributed by atoms with Crippen LogP contribution in [0.15, 0.2) is 0 Å². The number of hydrogen-bond acceptors (Lipinski definition) is 3. The molecule has 0 saturated carbocycles. The third-order valence-corrected chi connectivity index (χ3v) is 3.98. The highest BCUT2D eigenvalue weighted by Gasteiger charge is 2.36. The molecule has 4 nitrogen and oxygen atoms in total. The summed E-state index contributed by atoms with van der Waals surface area (Å²) >= 11 is 0. The standard InChI is InChI=1S/C12H23N3O/c13-11(16)3-8-15-7-2-5-12(10-15)4-1-6-14-9-12/h14H,1-10H2,(H2,13,16). The summed E-state index contributed by atoms with van der Waals surface area (Å²) < 4.78 is 0. The lowest BCUT2D eigenvalue weighted by Gasteiger charge is -2.45. The molecule has 3 N–H and O–H groups in total. The third-order valence-electron chi connectivity index (χ3n) is 3.98. The van der Waals surface area contributed by atoms with Crippen molar-refractivity contribution in [3.05, 3.63) is 0 Å². The number of amides is 1. The van der Waals surface area contributed by atoms with E-state index in [1.165, 1.54) is 32.2 Å². The highest BCUT2D eigenvalue weighted by molar-refractivity contribution is 5.73. The summed E-state index contributed by atoms with van der Waals surface area (Å²) in [5.41, 5.74) is 5.68. The number of nitrogens with one attached hydrogen (secondary N) is 1. The Bertz CT molecular complexity index is 243. The van der Waals surface area contributed by atoms with E-state index < -0.39 is 0 Å². The molecule has 2 heterocycles. The lowest BCUT2D eigenvalue weighted by atomic mass is 9.74. The van der Waals surface area contributed by atoms with Crippen LogP contribution in [0.3, 0.4) is 0 Å². The summed E-state index contributed by atoms with van der Waals surface area (Å²) in [6, 6.07) is 0. The fraction of sp³-hybridized carbons (Fsp3) is 0.917. The zero-order valence-electron chi connectivity index (χ0n) is 10.0. The molecule has 0 radical (unpaired) electrons. The first-order chi connectivity index (χ1) is 7.70. The maximum atomic E-state index is 10.8. The van der Waals surface area contributed by atoms with Gasteiger partial charge in [0.05, 0.1) is 0 Å². The average molecular weight is 225 g/mol. The van der Waals surface area contributed by atoms with Gasteiger partial charge in [-0.25, -0.2) is 0 Å². The number of nitrogens with zero attached hydrogens (tertiary/aromatic N) is 1. The van der Waals surface area contributed by atoms with Crippen LogP contribution in [-0.2, 0) is 4.79 Å². The van der Waals surface area contributed by atoms with Gasteiger partial charge >= 0.3 is 0 Å². The minimum atomic E-state index is -0.179. The molecule has 0 aromatic carbocycles. The van der Waals surface area contributed by atoms with Crippen molar-refractivity contribution in [2.75, 3.05) is 32.7 Å². The molecule has 4 heteroatoms. The SMILES string of the molecule is NC(=O)CCN1CCCC2(CCCNC2)C1. The number of piperidine rings is 2. The van der Waals surface area contributed by atoms with Crippen molar-refractivity contribution in [1.29, 1.82) is 0 Å². The minimum absolute atomic E-state index is 0.179. The first kappa shape index (κ1) is 11.9. The summed E-state index contributed by atoms with van der Waals surface area (Å²) in [7, 11) is 0. The molecule has 0 aromatic rings. The van der Waals surface area contributed by atoms with Gasteiger partial charge in [-0.05, 0) is 44.2 Å². The largest absolute Gasteiger partial charge is 0.370 e. The summed E-state index contributed by atoms with van der Waals surface area (Å²) in [6.07, 6.45) is 5.74. The first-order valence-corrected chi connectivity index (χ1v) is 6.42. The van der Waals surface area contributed by atoms with Gasteiger partial charge in [0.2, 0.25) is 5.91 Å². The van der Waals surface area contributed by atoms with E-state index in [4.69, 9.17) is 5.73 Å². The quantitative estimate of drug-likeness (QED) is 0.727. The van der Waals surface area contributed by atoms with E-state index in [-0.39, 0.29) is 5.91 Å². The molecule has 2 fully saturated rings. The topological polar surface area (TPSA) is 58.4 Å². The Labute approximate surface area is 97.6 Å². The highest BCUT2D eigenvalue weighted by atomic mass is 16.1. The summed E-state index contributed by atoms with van der Waals surface area (Å²) in [5.74, 6) is -0.179. The van der Waals surface area contributed by atoms with Crippen molar-refractivity contribution in [1.82, 2.24) is 10.2 Å². The summed E-state index contributed by atoms with van der Waals surface area (Å²) in [4.78, 5) is 13.2. The number of hydrogen-bond donors (Lipinski definition) is 2. The monoisotopic (exact) mass is 225 g/mol. The molecule has 16 heavy (non-hydrogen) atoms. The molecule has 1 spiro atoms. The van der Waals surface area contributed by atoms with E-state index in [9.17, 15) is 4.79 Å². The molecular formula is C12H23N3O. The first-order valence-electron chi connectivity index (χ1n) is 6.42. The zero-order chi connectivity index (χ0) is 11.4. The van der Waals surface area contributed by atoms with Gasteiger partial charge in [0, 0.05) is 26.1 Å². The van der Waals surface area contributed by atoms with E-state index >= 15 is 0 Å². The van der Waals surface area contributed by atoms with Crippen molar-refractivity contribution in [2.45, 2.75) is 32.1 Å². The smallest absolute Gasteiger partial charge is 0.218 e. The number of nitrogens with two attached hydrogens (primary N) is 1. The normalized spacial score (nSPS) is 31.8. The molecule has 1 amide bonds. The van der Waals surface area contributed by atoms with Crippen LogP contribution in [-0.4, -0.2) is 43.5 Å². The van der Waals surface area contributed by atoms with E-state index in [0.717, 1.165) is 26.2 Å². The van der Waals surface area contributed by atoms with Gasteiger partial charge in [0.15, 0.2) is 0 Å². The molecule has 0 bridgehead atoms. The molecule has 2 aliphatic rings. The van der Waals surface area contributed by atoms with Gasteiger partial charge in [-0.2, -0.15) is 0 Å². The molecule has 2 aliphatic heterocycles. The minimum Gasteiger partial charge on any atom is -0.370 e. The van der Waals surface area contributed by atoms with Gasteiger partial charge < -0.3 is 16.0 Å². The molecular weight excluding hydrogens is 202 g/mol. The van der Waals surface area contributed by atoms with E-state index in [0.29, 0.717) is 11.8 Å². The molecule has 1 atom stereocenters. The van der Waals surface area contributed by atoms with E-state index in [1.54, 1.807) is 0 Å². The Morgan fingerprint density at radius 2 is 2.19 bits per heavy atom. The van der Waals surface area contributed by atoms with Gasteiger partial charge in [0.25, 0.3) is 0 Å². The Kier molecular flexibility index (Phi) is 3.82. The van der Waals surface area contributed by atoms with Gasteiger partial charge in [-0.3, -0.25) is 4.79 Å². The highest BCUT2D eigenvalue weighted by Crippen LogP contribution is 2.35. The zero-order valence-corrected chi connectivity index (χ0v) is 10.0. The van der Waals surface area contributed by atoms with Crippen LogP contribution in [0.1, 0.15) is 32.1 Å². The molecule has 1 unspecified atom stereocenters. The second kappa shape index (κ2) is 5.15. The van der Waals surface area contributed by atoms with Crippen LogP contribution in [0, 0.1) is 5.41 Å². The molecule has 2 rings (SSSR count). The average Bonchev–Trinajstić information content (AvgIpc) is 2.28. The molecule has 2 saturated heterocycles. The van der Waals surface area contributed by atoms with Crippen LogP contribution < -0.4 is 11.1 Å². The van der Waals surface area contributed by atoms with Crippen molar-refractivity contribution in [3.8, 4) is 0 Å². The number of rotatable bonds is 3. The fourth-order valence-corrected chi connectivity index (χ4v) is 3.15. The second-order valence-corrected chi connectivity index (χ2v) is 5.38. The number of carbonyl (C=O) groups is 1. The lowest BCUT2D eigenvalue weighted by molar-refractivity contribution is -0.118. The predicted octanol–water partition coefficient (Wildman–Crippen LogP) is 0.327. The van der Waals surface area contributed by atoms with E-state index in [2.05, 4.69) is 10.2 Å². The number of likely N-dealkylation sites (tertiary alicyclic amines) is 1. The van der Waals surface area contributed by atoms with Crippen molar-refractivity contribution in [2.24, 2.45) is 11.1 Å². The maximum absolute atomic E-state index is 10.8. The fourth-order valence-electron chi connectivity index (χ4n) is 3.15. The lowest BCUT2D eigenvalue weighted by Crippen LogP contribution is -2.51. The Morgan fingerprint density at radius 3 is 2.88 bits per heavy atom. The van der Waals surface area contributed by atoms with Crippen molar-refractivity contribution >= 4 is 5.91 Å². The second-order valence-electron chi connectivity index (χ2n) is 5.38. The molecule has 92 valence electrons. The summed E-state index contributed by atoms with van der Waals surface area (Å²) in [6.45, 7) is 5.45. The molecule has 0 aliphatic carbocycles. The molecule has 0 aromatic heterocycles. The summed E-state index contributed by atoms with van der Waals surface area (Å²) in [5, 5.41) is 3.51. The number of primary amides is 1. The maximum Gasteiger partial charge on any atom is 0.218 e. The van der Waals surface area contributed by atoms with Crippen molar-refractivity contribution in [3.63, 3.8) is 0 Å².